The summed E-state index contributed by atoms with van der Waals surface area (Å²) in [6, 6.07) is 11.4. The van der Waals surface area contributed by atoms with Crippen LogP contribution in [-0.2, 0) is 11.4 Å². The molecule has 0 bridgehead atoms. The molecule has 1 heterocycles. The van der Waals surface area contributed by atoms with Gasteiger partial charge in [-0.2, -0.15) is 0 Å². The van der Waals surface area contributed by atoms with Gasteiger partial charge in [0, 0.05) is 23.5 Å². The lowest BCUT2D eigenvalue weighted by molar-refractivity contribution is -0.108. The van der Waals surface area contributed by atoms with E-state index in [0.717, 1.165) is 17.4 Å². The molecule has 0 amide bonds. The number of aldehydes is 1. The summed E-state index contributed by atoms with van der Waals surface area (Å²) in [5.41, 5.74) is 3.12. The Morgan fingerprint density at radius 2 is 1.77 bits per heavy atom. The van der Waals surface area contributed by atoms with Gasteiger partial charge in [-0.3, -0.25) is 4.98 Å². The average molecular weight is 446 g/mol. The fraction of sp³-hybridized carbons (Fsp3) is 0.217. The topological polar surface area (TPSA) is 57.7 Å². The molecule has 0 aliphatic heterocycles. The van der Waals surface area contributed by atoms with Gasteiger partial charge in [0.1, 0.15) is 12.9 Å². The van der Waals surface area contributed by atoms with E-state index in [1.807, 2.05) is 31.2 Å². The van der Waals surface area contributed by atoms with E-state index in [1.165, 1.54) is 26.6 Å². The maximum absolute atomic E-state index is 12.2. The number of ether oxygens (including phenoxy) is 3. The van der Waals surface area contributed by atoms with Gasteiger partial charge in [-0.15, -0.1) is 0 Å². The Hall–Kier alpha value is -2.76. The number of benzene rings is 2. The molecule has 0 spiro atoms. The minimum Gasteiger partial charge on any atom is -0.493 e. The number of aryl methyl sites for hydroxylation is 1. The lowest BCUT2D eigenvalue weighted by Gasteiger charge is -2.22. The third kappa shape index (κ3) is 4.53. The summed E-state index contributed by atoms with van der Waals surface area (Å²) < 4.78 is 17.1. The molecule has 3 aromatic rings. The van der Waals surface area contributed by atoms with Crippen molar-refractivity contribution in [1.29, 1.82) is 0 Å². The van der Waals surface area contributed by atoms with E-state index in [9.17, 15) is 4.79 Å². The molecule has 0 saturated carbocycles. The molecule has 1 unspecified atom stereocenters. The summed E-state index contributed by atoms with van der Waals surface area (Å²) in [5, 5.41) is 0.582. The first-order valence-corrected chi connectivity index (χ1v) is 9.93. The van der Waals surface area contributed by atoms with Gasteiger partial charge in [0.25, 0.3) is 0 Å². The highest BCUT2D eigenvalue weighted by molar-refractivity contribution is 6.36. The molecule has 0 radical (unpaired) electrons. The van der Waals surface area contributed by atoms with Crippen molar-refractivity contribution in [3.63, 3.8) is 0 Å². The quantitative estimate of drug-likeness (QED) is 0.420. The van der Waals surface area contributed by atoms with Gasteiger partial charge in [0.05, 0.1) is 30.2 Å². The van der Waals surface area contributed by atoms with E-state index in [4.69, 9.17) is 37.4 Å². The standard InChI is InChI=1S/C23H21Cl2NO4/c1-14-5-4-6-15(9-14)13-30-22-16(7-8-20(28-2)23(22)29-3)17(12-27)21-18(24)10-26-11-19(21)25/h4-12,17H,13H2,1-3H3. The second-order valence-corrected chi connectivity index (χ2v) is 7.44. The lowest BCUT2D eigenvalue weighted by atomic mass is 9.92. The summed E-state index contributed by atoms with van der Waals surface area (Å²) in [4.78, 5) is 16.1. The number of nitrogens with zero attached hydrogens (tertiary/aromatic N) is 1. The second kappa shape index (κ2) is 9.83. The zero-order valence-corrected chi connectivity index (χ0v) is 18.3. The number of carbonyl (C=O) groups is 1. The predicted molar refractivity (Wildman–Crippen MR) is 117 cm³/mol. The Morgan fingerprint density at radius 1 is 1.03 bits per heavy atom. The summed E-state index contributed by atoms with van der Waals surface area (Å²) in [7, 11) is 3.05. The Labute approximate surface area is 185 Å². The molecule has 30 heavy (non-hydrogen) atoms. The van der Waals surface area contributed by atoms with Crippen molar-refractivity contribution in [2.75, 3.05) is 14.2 Å². The third-order valence-electron chi connectivity index (χ3n) is 4.67. The predicted octanol–water partition coefficient (Wildman–Crippen LogP) is 5.62. The molecule has 2 aromatic carbocycles. The molecule has 1 aromatic heterocycles. The fourth-order valence-corrected chi connectivity index (χ4v) is 3.88. The lowest BCUT2D eigenvalue weighted by Crippen LogP contribution is -2.09. The molecule has 0 fully saturated rings. The molecule has 3 rings (SSSR count). The van der Waals surface area contributed by atoms with Gasteiger partial charge < -0.3 is 19.0 Å². The summed E-state index contributed by atoms with van der Waals surface area (Å²) in [5.74, 6) is 0.479. The molecule has 0 aliphatic rings. The summed E-state index contributed by atoms with van der Waals surface area (Å²) in [6.45, 7) is 2.29. The first kappa shape index (κ1) is 21.9. The highest BCUT2D eigenvalue weighted by atomic mass is 35.5. The number of aromatic nitrogens is 1. The maximum Gasteiger partial charge on any atom is 0.203 e. The Balaban J connectivity index is 2.12. The van der Waals surface area contributed by atoms with Crippen LogP contribution < -0.4 is 14.2 Å². The number of pyridine rings is 1. The fourth-order valence-electron chi connectivity index (χ4n) is 3.28. The Bertz CT molecular complexity index is 1040. The van der Waals surface area contributed by atoms with Crippen LogP contribution in [0.25, 0.3) is 0 Å². The minimum atomic E-state index is -0.777. The van der Waals surface area contributed by atoms with Crippen molar-refractivity contribution < 1.29 is 19.0 Å². The number of halogens is 2. The van der Waals surface area contributed by atoms with Crippen molar-refractivity contribution in [3.05, 3.63) is 81.1 Å². The van der Waals surface area contributed by atoms with Crippen molar-refractivity contribution in [2.24, 2.45) is 0 Å². The SMILES string of the molecule is COc1ccc(C(C=O)c2c(Cl)cncc2Cl)c(OCc2cccc(C)c2)c1OC. The van der Waals surface area contributed by atoms with Crippen LogP contribution in [0.15, 0.2) is 48.8 Å². The van der Waals surface area contributed by atoms with Crippen LogP contribution in [0, 0.1) is 6.92 Å². The first-order chi connectivity index (χ1) is 14.5. The van der Waals surface area contributed by atoms with Crippen LogP contribution in [0.3, 0.4) is 0 Å². The molecular weight excluding hydrogens is 425 g/mol. The van der Waals surface area contributed by atoms with Crippen molar-refractivity contribution >= 4 is 29.5 Å². The zero-order valence-electron chi connectivity index (χ0n) is 16.8. The largest absolute Gasteiger partial charge is 0.493 e. The molecule has 156 valence electrons. The van der Waals surface area contributed by atoms with E-state index in [1.54, 1.807) is 12.1 Å². The van der Waals surface area contributed by atoms with Gasteiger partial charge in [0.2, 0.25) is 5.75 Å². The van der Waals surface area contributed by atoms with Gasteiger partial charge >= 0.3 is 0 Å². The normalized spacial score (nSPS) is 11.6. The highest BCUT2D eigenvalue weighted by Crippen LogP contribution is 2.46. The van der Waals surface area contributed by atoms with Gasteiger partial charge in [0.15, 0.2) is 11.5 Å². The highest BCUT2D eigenvalue weighted by Gasteiger charge is 2.27. The Kier molecular flexibility index (Phi) is 7.19. The van der Waals surface area contributed by atoms with E-state index in [2.05, 4.69) is 4.98 Å². The van der Waals surface area contributed by atoms with Crippen LogP contribution in [0.4, 0.5) is 0 Å². The number of hydrogen-bond donors (Lipinski definition) is 0. The average Bonchev–Trinajstić information content (AvgIpc) is 2.74. The third-order valence-corrected chi connectivity index (χ3v) is 5.27. The van der Waals surface area contributed by atoms with E-state index in [-0.39, 0.29) is 6.61 Å². The molecule has 0 aliphatic carbocycles. The Morgan fingerprint density at radius 3 is 2.37 bits per heavy atom. The zero-order chi connectivity index (χ0) is 21.7. The number of hydrogen-bond acceptors (Lipinski definition) is 5. The molecule has 5 nitrogen and oxygen atoms in total. The van der Waals surface area contributed by atoms with Crippen LogP contribution in [0.1, 0.15) is 28.2 Å². The first-order valence-electron chi connectivity index (χ1n) is 9.17. The van der Waals surface area contributed by atoms with Crippen LogP contribution >= 0.6 is 23.2 Å². The number of carbonyl (C=O) groups excluding carboxylic acids is 1. The summed E-state index contributed by atoms with van der Waals surface area (Å²) >= 11 is 12.7. The molecular formula is C23H21Cl2NO4. The molecule has 0 saturated heterocycles. The minimum absolute atomic E-state index is 0.279. The maximum atomic E-state index is 12.2. The molecule has 7 heteroatoms. The van der Waals surface area contributed by atoms with Gasteiger partial charge in [-0.25, -0.2) is 0 Å². The molecule has 0 N–H and O–H groups in total. The van der Waals surface area contributed by atoms with Gasteiger partial charge in [-0.1, -0.05) is 59.1 Å². The van der Waals surface area contributed by atoms with Crippen LogP contribution in [0.2, 0.25) is 10.0 Å². The van der Waals surface area contributed by atoms with Gasteiger partial charge in [-0.05, 0) is 18.6 Å². The number of rotatable bonds is 8. The van der Waals surface area contributed by atoms with Crippen molar-refractivity contribution in [1.82, 2.24) is 4.98 Å². The van der Waals surface area contributed by atoms with Crippen LogP contribution in [0.5, 0.6) is 17.2 Å². The van der Waals surface area contributed by atoms with E-state index >= 15 is 0 Å². The van der Waals surface area contributed by atoms with Crippen LogP contribution in [-0.4, -0.2) is 25.5 Å². The van der Waals surface area contributed by atoms with Crippen molar-refractivity contribution in [3.8, 4) is 17.2 Å². The summed E-state index contributed by atoms with van der Waals surface area (Å²) in [6.07, 6.45) is 3.68. The number of methoxy groups -OCH3 is 2. The monoisotopic (exact) mass is 445 g/mol. The van der Waals surface area contributed by atoms with E-state index < -0.39 is 5.92 Å². The smallest absolute Gasteiger partial charge is 0.203 e. The van der Waals surface area contributed by atoms with E-state index in [0.29, 0.717) is 38.4 Å². The molecule has 1 atom stereocenters. The second-order valence-electron chi connectivity index (χ2n) is 6.63. The van der Waals surface area contributed by atoms with Crippen molar-refractivity contribution in [2.45, 2.75) is 19.4 Å².